The van der Waals surface area contributed by atoms with Gasteiger partial charge in [0.2, 0.25) is 0 Å². The Kier molecular flexibility index (Phi) is 4.91. The van der Waals surface area contributed by atoms with Crippen molar-refractivity contribution in [1.82, 2.24) is 9.80 Å². The van der Waals surface area contributed by atoms with E-state index in [1.54, 1.807) is 12.1 Å². The van der Waals surface area contributed by atoms with E-state index < -0.39 is 11.7 Å². The van der Waals surface area contributed by atoms with Crippen molar-refractivity contribution in [3.8, 4) is 0 Å². The molecule has 1 fully saturated rings. The number of likely N-dealkylation sites (N-methyl/N-ethyl adjacent to an activating group) is 1. The fourth-order valence-corrected chi connectivity index (χ4v) is 2.88. The maximum Gasteiger partial charge on any atom is 0.416 e. The first-order chi connectivity index (χ1) is 9.84. The number of benzene rings is 1. The second-order valence-electron chi connectivity index (χ2n) is 5.66. The number of alkyl halides is 3. The molecule has 0 saturated carbocycles. The van der Waals surface area contributed by atoms with Crippen molar-refractivity contribution in [1.29, 1.82) is 0 Å². The number of halogens is 3. The minimum atomic E-state index is -4.35. The third-order valence-corrected chi connectivity index (χ3v) is 4.28. The van der Waals surface area contributed by atoms with Crippen LogP contribution in [0.2, 0.25) is 0 Å². The minimum absolute atomic E-state index is 0.184. The van der Waals surface area contributed by atoms with Gasteiger partial charge in [-0.25, -0.2) is 0 Å². The van der Waals surface area contributed by atoms with Gasteiger partial charge in [-0.1, -0.05) is 18.2 Å². The highest BCUT2D eigenvalue weighted by Gasteiger charge is 2.36. The highest BCUT2D eigenvalue weighted by atomic mass is 19.4. The Bertz CT molecular complexity index is 475. The molecule has 1 aromatic carbocycles. The second kappa shape index (κ2) is 6.34. The fourth-order valence-electron chi connectivity index (χ4n) is 2.88. The average molecular weight is 301 g/mol. The van der Waals surface area contributed by atoms with Crippen LogP contribution in [0.1, 0.15) is 24.1 Å². The number of hydrogen-bond donors (Lipinski definition) is 1. The smallest absolute Gasteiger partial charge is 0.329 e. The van der Waals surface area contributed by atoms with Crippen molar-refractivity contribution >= 4 is 0 Å². The Balaban J connectivity index is 2.30. The van der Waals surface area contributed by atoms with Gasteiger partial charge in [0.1, 0.15) is 0 Å². The molecule has 2 atom stereocenters. The first-order valence-corrected chi connectivity index (χ1v) is 7.15. The Hall–Kier alpha value is -1.11. The number of piperazine rings is 1. The monoisotopic (exact) mass is 301 g/mol. The van der Waals surface area contributed by atoms with Gasteiger partial charge in [0.25, 0.3) is 0 Å². The zero-order valence-corrected chi connectivity index (χ0v) is 12.4. The first-order valence-electron chi connectivity index (χ1n) is 7.15. The molecular weight excluding hydrogens is 279 g/mol. The van der Waals surface area contributed by atoms with E-state index in [0.717, 1.165) is 25.7 Å². The normalized spacial score (nSPS) is 23.2. The van der Waals surface area contributed by atoms with Gasteiger partial charge in [-0.3, -0.25) is 4.90 Å². The summed E-state index contributed by atoms with van der Waals surface area (Å²) in [5.41, 5.74) is 5.51. The van der Waals surface area contributed by atoms with Crippen molar-refractivity contribution in [2.75, 3.05) is 33.2 Å². The van der Waals surface area contributed by atoms with Crippen molar-refractivity contribution in [2.24, 2.45) is 5.73 Å². The largest absolute Gasteiger partial charge is 0.416 e. The van der Waals surface area contributed by atoms with Crippen molar-refractivity contribution < 1.29 is 13.2 Å². The van der Waals surface area contributed by atoms with Gasteiger partial charge in [0.15, 0.2) is 0 Å². The summed E-state index contributed by atoms with van der Waals surface area (Å²) in [6.07, 6.45) is -4.35. The molecule has 2 rings (SSSR count). The molecule has 0 spiro atoms. The highest BCUT2D eigenvalue weighted by Crippen LogP contribution is 2.36. The molecule has 21 heavy (non-hydrogen) atoms. The summed E-state index contributed by atoms with van der Waals surface area (Å²) in [6, 6.07) is 5.67. The first kappa shape index (κ1) is 16.3. The Morgan fingerprint density at radius 3 is 2.52 bits per heavy atom. The lowest BCUT2D eigenvalue weighted by atomic mass is 9.97. The molecule has 1 heterocycles. The number of nitrogens with two attached hydrogens (primary N) is 1. The van der Waals surface area contributed by atoms with Crippen LogP contribution in [0.3, 0.4) is 0 Å². The van der Waals surface area contributed by atoms with Crippen molar-refractivity contribution in [3.63, 3.8) is 0 Å². The van der Waals surface area contributed by atoms with Gasteiger partial charge in [-0.2, -0.15) is 13.2 Å². The highest BCUT2D eigenvalue weighted by molar-refractivity contribution is 5.33. The topological polar surface area (TPSA) is 32.5 Å². The summed E-state index contributed by atoms with van der Waals surface area (Å²) in [6.45, 7) is 4.56. The van der Waals surface area contributed by atoms with Crippen LogP contribution in [-0.2, 0) is 6.18 Å². The van der Waals surface area contributed by atoms with Crippen molar-refractivity contribution in [2.45, 2.75) is 25.2 Å². The Labute approximate surface area is 123 Å². The summed E-state index contributed by atoms with van der Waals surface area (Å²) in [5, 5.41) is 0. The molecule has 118 valence electrons. The Morgan fingerprint density at radius 2 is 1.95 bits per heavy atom. The minimum Gasteiger partial charge on any atom is -0.329 e. The van der Waals surface area contributed by atoms with Crippen LogP contribution in [0.4, 0.5) is 13.2 Å². The summed E-state index contributed by atoms with van der Waals surface area (Å²) < 4.78 is 39.6. The van der Waals surface area contributed by atoms with Gasteiger partial charge < -0.3 is 10.6 Å². The lowest BCUT2D eigenvalue weighted by Gasteiger charge is -2.42. The van der Waals surface area contributed by atoms with Gasteiger partial charge in [0.05, 0.1) is 5.56 Å². The van der Waals surface area contributed by atoms with E-state index in [2.05, 4.69) is 16.7 Å². The van der Waals surface area contributed by atoms with Crippen LogP contribution in [0.25, 0.3) is 0 Å². The number of nitrogens with zero attached hydrogens (tertiary/aromatic N) is 2. The molecule has 0 aliphatic carbocycles. The molecule has 0 radical (unpaired) electrons. The third-order valence-electron chi connectivity index (χ3n) is 4.28. The van der Waals surface area contributed by atoms with Gasteiger partial charge in [-0.15, -0.1) is 0 Å². The van der Waals surface area contributed by atoms with E-state index in [1.807, 2.05) is 7.05 Å². The average Bonchev–Trinajstić information content (AvgIpc) is 2.43. The molecule has 2 N–H and O–H groups in total. The van der Waals surface area contributed by atoms with Gasteiger partial charge in [0, 0.05) is 38.3 Å². The maximum atomic E-state index is 13.2. The number of hydrogen-bond acceptors (Lipinski definition) is 3. The van der Waals surface area contributed by atoms with Crippen LogP contribution in [0.5, 0.6) is 0 Å². The molecule has 3 nitrogen and oxygen atoms in total. The molecule has 1 saturated heterocycles. The van der Waals surface area contributed by atoms with Crippen LogP contribution in [-0.4, -0.2) is 49.1 Å². The lowest BCUT2D eigenvalue weighted by molar-refractivity contribution is -0.138. The molecule has 1 aliphatic rings. The molecule has 6 heteroatoms. The van der Waals surface area contributed by atoms with E-state index in [-0.39, 0.29) is 18.2 Å². The predicted molar refractivity (Wildman–Crippen MR) is 76.9 cm³/mol. The van der Waals surface area contributed by atoms with E-state index in [4.69, 9.17) is 5.73 Å². The van der Waals surface area contributed by atoms with Gasteiger partial charge in [-0.05, 0) is 25.6 Å². The van der Waals surface area contributed by atoms with Crippen LogP contribution in [0.15, 0.2) is 24.3 Å². The molecule has 0 bridgehead atoms. The molecular formula is C15H22F3N3. The standard InChI is InChI=1S/C15H22F3N3/c1-11-10-21(8-7-20(11)2)14(9-19)12-5-3-4-6-13(12)15(16,17)18/h3-6,11,14H,7-10,19H2,1-2H3. The van der Waals surface area contributed by atoms with Crippen LogP contribution < -0.4 is 5.73 Å². The molecule has 2 unspecified atom stereocenters. The molecule has 0 amide bonds. The van der Waals surface area contributed by atoms with Crippen LogP contribution >= 0.6 is 0 Å². The zero-order chi connectivity index (χ0) is 15.6. The predicted octanol–water partition coefficient (Wildman–Crippen LogP) is 2.34. The van der Waals surface area contributed by atoms with Gasteiger partial charge >= 0.3 is 6.18 Å². The van der Waals surface area contributed by atoms with E-state index in [0.29, 0.717) is 6.04 Å². The third kappa shape index (κ3) is 3.56. The van der Waals surface area contributed by atoms with E-state index in [9.17, 15) is 13.2 Å². The Morgan fingerprint density at radius 1 is 1.29 bits per heavy atom. The van der Waals surface area contributed by atoms with Crippen molar-refractivity contribution in [3.05, 3.63) is 35.4 Å². The zero-order valence-electron chi connectivity index (χ0n) is 12.4. The molecule has 1 aromatic rings. The maximum absolute atomic E-state index is 13.2. The summed E-state index contributed by atoms with van der Waals surface area (Å²) in [4.78, 5) is 4.27. The fraction of sp³-hybridized carbons (Fsp3) is 0.600. The molecule has 1 aliphatic heterocycles. The lowest BCUT2D eigenvalue weighted by Crippen LogP contribution is -2.52. The van der Waals surface area contributed by atoms with E-state index in [1.165, 1.54) is 6.07 Å². The summed E-state index contributed by atoms with van der Waals surface area (Å²) >= 11 is 0. The molecule has 0 aromatic heterocycles. The summed E-state index contributed by atoms with van der Waals surface area (Å²) in [5.74, 6) is 0. The quantitative estimate of drug-likeness (QED) is 0.930. The number of rotatable bonds is 3. The SMILES string of the molecule is CC1CN(C(CN)c2ccccc2C(F)(F)F)CCN1C. The van der Waals surface area contributed by atoms with E-state index >= 15 is 0 Å². The second-order valence-corrected chi connectivity index (χ2v) is 5.66. The van der Waals surface area contributed by atoms with Crippen LogP contribution in [0, 0.1) is 0 Å². The summed E-state index contributed by atoms with van der Waals surface area (Å²) in [7, 11) is 2.03.